The van der Waals surface area contributed by atoms with Gasteiger partial charge >= 0.3 is 6.18 Å². The van der Waals surface area contributed by atoms with E-state index in [1.807, 2.05) is 24.3 Å². The number of hydrogen-bond acceptors (Lipinski definition) is 5. The van der Waals surface area contributed by atoms with Gasteiger partial charge in [0.2, 0.25) is 5.95 Å². The van der Waals surface area contributed by atoms with Gasteiger partial charge in [-0.2, -0.15) is 18.2 Å². The topological polar surface area (TPSA) is 59.1 Å². The van der Waals surface area contributed by atoms with E-state index in [4.69, 9.17) is 4.74 Å². The van der Waals surface area contributed by atoms with Crippen LogP contribution in [0.4, 0.5) is 30.6 Å². The zero-order valence-electron chi connectivity index (χ0n) is 14.4. The molecule has 0 aliphatic carbocycles. The molecule has 3 rings (SSSR count). The first-order valence-corrected chi connectivity index (χ1v) is 8.08. The van der Waals surface area contributed by atoms with Gasteiger partial charge in [0, 0.05) is 18.4 Å². The summed E-state index contributed by atoms with van der Waals surface area (Å²) in [7, 11) is 1.60. The monoisotopic (exact) mass is 374 g/mol. The molecule has 2 aromatic carbocycles. The number of anilines is 3. The normalized spacial score (nSPS) is 11.1. The predicted octanol–water partition coefficient (Wildman–Crippen LogP) is 4.86. The van der Waals surface area contributed by atoms with Crippen LogP contribution < -0.4 is 15.4 Å². The van der Waals surface area contributed by atoms with Crippen LogP contribution in [0.2, 0.25) is 0 Å². The Morgan fingerprint density at radius 1 is 1.04 bits per heavy atom. The molecule has 0 aliphatic rings. The van der Waals surface area contributed by atoms with Gasteiger partial charge < -0.3 is 15.4 Å². The molecule has 0 bridgehead atoms. The number of rotatable bonds is 6. The summed E-state index contributed by atoms with van der Waals surface area (Å²) >= 11 is 0. The number of nitrogens with one attached hydrogen (secondary N) is 2. The molecular weight excluding hydrogens is 357 g/mol. The standard InChI is InChI=1S/C19H17F3N4O/c1-27-16-7-5-13(6-8-16)12-24-17-9-10-23-18(26-17)25-15-4-2-3-14(11-15)19(20,21)22/h2-11H,12H2,1H3,(H2,23,24,25,26). The molecule has 5 nitrogen and oxygen atoms in total. The van der Waals surface area contributed by atoms with Crippen LogP contribution in [0.3, 0.4) is 0 Å². The summed E-state index contributed by atoms with van der Waals surface area (Å²) in [5.41, 5.74) is 0.556. The van der Waals surface area contributed by atoms with Gasteiger partial charge in [0.25, 0.3) is 0 Å². The maximum Gasteiger partial charge on any atom is 0.416 e. The maximum absolute atomic E-state index is 12.8. The van der Waals surface area contributed by atoms with E-state index < -0.39 is 11.7 Å². The van der Waals surface area contributed by atoms with Crippen LogP contribution in [-0.2, 0) is 12.7 Å². The Morgan fingerprint density at radius 2 is 1.81 bits per heavy atom. The zero-order chi connectivity index (χ0) is 19.3. The van der Waals surface area contributed by atoms with Crippen LogP contribution in [0.1, 0.15) is 11.1 Å². The zero-order valence-corrected chi connectivity index (χ0v) is 14.4. The lowest BCUT2D eigenvalue weighted by molar-refractivity contribution is -0.137. The van der Waals surface area contributed by atoms with E-state index in [0.717, 1.165) is 23.4 Å². The summed E-state index contributed by atoms with van der Waals surface area (Å²) in [5, 5.41) is 5.94. The van der Waals surface area contributed by atoms with E-state index in [-0.39, 0.29) is 11.6 Å². The third-order valence-corrected chi connectivity index (χ3v) is 3.73. The van der Waals surface area contributed by atoms with Crippen LogP contribution in [0, 0.1) is 0 Å². The van der Waals surface area contributed by atoms with Crippen LogP contribution >= 0.6 is 0 Å². The Hall–Kier alpha value is -3.29. The fourth-order valence-electron chi connectivity index (χ4n) is 2.36. The summed E-state index contributed by atoms with van der Waals surface area (Å²) in [6, 6.07) is 14.1. The second-order valence-corrected chi connectivity index (χ2v) is 5.67. The molecule has 1 heterocycles. The van der Waals surface area contributed by atoms with Crippen molar-refractivity contribution in [3.05, 3.63) is 71.9 Å². The molecule has 0 amide bonds. The van der Waals surface area contributed by atoms with Gasteiger partial charge in [-0.25, -0.2) is 4.98 Å². The number of methoxy groups -OCH3 is 1. The molecule has 0 radical (unpaired) electrons. The average molecular weight is 374 g/mol. The first kappa shape index (κ1) is 18.5. The van der Waals surface area contributed by atoms with Crippen LogP contribution in [0.15, 0.2) is 60.8 Å². The lowest BCUT2D eigenvalue weighted by atomic mass is 10.2. The highest BCUT2D eigenvalue weighted by atomic mass is 19.4. The Kier molecular flexibility index (Phi) is 5.44. The fourth-order valence-corrected chi connectivity index (χ4v) is 2.36. The van der Waals surface area contributed by atoms with E-state index >= 15 is 0 Å². The van der Waals surface area contributed by atoms with Crippen molar-refractivity contribution in [3.63, 3.8) is 0 Å². The number of benzene rings is 2. The van der Waals surface area contributed by atoms with E-state index in [9.17, 15) is 13.2 Å². The summed E-state index contributed by atoms with van der Waals surface area (Å²) in [6.07, 6.45) is -2.88. The average Bonchev–Trinajstić information content (AvgIpc) is 2.67. The van der Waals surface area contributed by atoms with Gasteiger partial charge in [-0.3, -0.25) is 0 Å². The third kappa shape index (κ3) is 5.10. The van der Waals surface area contributed by atoms with E-state index in [2.05, 4.69) is 20.6 Å². The molecule has 2 N–H and O–H groups in total. The summed E-state index contributed by atoms with van der Waals surface area (Å²) in [4.78, 5) is 8.31. The highest BCUT2D eigenvalue weighted by molar-refractivity contribution is 5.56. The number of ether oxygens (including phenoxy) is 1. The first-order valence-electron chi connectivity index (χ1n) is 8.08. The molecule has 140 valence electrons. The van der Waals surface area contributed by atoms with Crippen molar-refractivity contribution in [1.82, 2.24) is 9.97 Å². The molecule has 0 saturated heterocycles. The van der Waals surface area contributed by atoms with Crippen molar-refractivity contribution in [2.45, 2.75) is 12.7 Å². The van der Waals surface area contributed by atoms with Crippen molar-refractivity contribution >= 4 is 17.5 Å². The Balaban J connectivity index is 1.66. The molecule has 0 fully saturated rings. The van der Waals surface area contributed by atoms with Crippen molar-refractivity contribution in [2.75, 3.05) is 17.7 Å². The minimum absolute atomic E-state index is 0.203. The van der Waals surface area contributed by atoms with Crippen molar-refractivity contribution < 1.29 is 17.9 Å². The molecule has 0 unspecified atom stereocenters. The lowest BCUT2D eigenvalue weighted by Gasteiger charge is -2.11. The van der Waals surface area contributed by atoms with Gasteiger partial charge in [-0.1, -0.05) is 18.2 Å². The largest absolute Gasteiger partial charge is 0.497 e. The second kappa shape index (κ2) is 7.94. The molecule has 0 atom stereocenters. The predicted molar refractivity (Wildman–Crippen MR) is 97.1 cm³/mol. The van der Waals surface area contributed by atoms with Crippen LogP contribution in [0.25, 0.3) is 0 Å². The van der Waals surface area contributed by atoms with Gasteiger partial charge in [0.05, 0.1) is 12.7 Å². The van der Waals surface area contributed by atoms with Gasteiger partial charge in [-0.15, -0.1) is 0 Å². The van der Waals surface area contributed by atoms with Gasteiger partial charge in [0.15, 0.2) is 0 Å². The number of nitrogens with zero attached hydrogens (tertiary/aromatic N) is 2. The molecule has 8 heteroatoms. The molecule has 0 saturated carbocycles. The highest BCUT2D eigenvalue weighted by Crippen LogP contribution is 2.31. The molecule has 0 aliphatic heterocycles. The highest BCUT2D eigenvalue weighted by Gasteiger charge is 2.30. The molecule has 27 heavy (non-hydrogen) atoms. The SMILES string of the molecule is COc1ccc(CNc2ccnc(Nc3cccc(C(F)(F)F)c3)n2)cc1. The summed E-state index contributed by atoms with van der Waals surface area (Å²) in [6.45, 7) is 0.532. The molecule has 1 aromatic heterocycles. The number of hydrogen-bond donors (Lipinski definition) is 2. The molecule has 3 aromatic rings. The molecular formula is C19H17F3N4O. The number of halogens is 3. The van der Waals surface area contributed by atoms with E-state index in [1.54, 1.807) is 13.2 Å². The Bertz CT molecular complexity index is 898. The lowest BCUT2D eigenvalue weighted by Crippen LogP contribution is -2.06. The summed E-state index contributed by atoms with van der Waals surface area (Å²) in [5.74, 6) is 1.53. The van der Waals surface area contributed by atoms with Crippen LogP contribution in [0.5, 0.6) is 5.75 Å². The number of aromatic nitrogens is 2. The maximum atomic E-state index is 12.8. The minimum atomic E-state index is -4.40. The van der Waals surface area contributed by atoms with E-state index in [0.29, 0.717) is 12.4 Å². The molecule has 0 spiro atoms. The minimum Gasteiger partial charge on any atom is -0.497 e. The summed E-state index contributed by atoms with van der Waals surface area (Å²) < 4.78 is 43.5. The smallest absolute Gasteiger partial charge is 0.416 e. The number of alkyl halides is 3. The third-order valence-electron chi connectivity index (χ3n) is 3.73. The van der Waals surface area contributed by atoms with Crippen molar-refractivity contribution in [3.8, 4) is 5.75 Å². The Morgan fingerprint density at radius 3 is 2.52 bits per heavy atom. The van der Waals surface area contributed by atoms with E-state index in [1.165, 1.54) is 18.3 Å². The Labute approximate surface area is 154 Å². The van der Waals surface area contributed by atoms with Crippen molar-refractivity contribution in [2.24, 2.45) is 0 Å². The van der Waals surface area contributed by atoms with Gasteiger partial charge in [0.1, 0.15) is 11.6 Å². The van der Waals surface area contributed by atoms with Crippen LogP contribution in [-0.4, -0.2) is 17.1 Å². The van der Waals surface area contributed by atoms with Crippen molar-refractivity contribution in [1.29, 1.82) is 0 Å². The first-order chi connectivity index (χ1) is 12.9. The second-order valence-electron chi connectivity index (χ2n) is 5.67. The fraction of sp³-hybridized carbons (Fsp3) is 0.158. The quantitative estimate of drug-likeness (QED) is 0.645. The van der Waals surface area contributed by atoms with Gasteiger partial charge in [-0.05, 0) is 42.0 Å².